The van der Waals surface area contributed by atoms with Crippen molar-refractivity contribution < 1.29 is 28.7 Å². The Bertz CT molecular complexity index is 366. The molecule has 0 saturated carbocycles. The lowest BCUT2D eigenvalue weighted by Crippen LogP contribution is -2.22. The average molecular weight is 242 g/mol. The maximum atomic E-state index is 11.0. The smallest absolute Gasteiger partial charge is 0.340 e. The number of hydrogen-bond acceptors (Lipinski definition) is 6. The topological polar surface area (TPSA) is 86.7 Å². The summed E-state index contributed by atoms with van der Waals surface area (Å²) in [6.45, 7) is 7.70. The van der Waals surface area contributed by atoms with Gasteiger partial charge in [0.1, 0.15) is 6.42 Å². The fourth-order valence-corrected chi connectivity index (χ4v) is 0.611. The maximum Gasteiger partial charge on any atom is 0.340 e. The van der Waals surface area contributed by atoms with E-state index in [9.17, 15) is 19.2 Å². The van der Waals surface area contributed by atoms with Crippen LogP contribution in [0.1, 0.15) is 27.2 Å². The number of ether oxygens (including phenoxy) is 2. The highest BCUT2D eigenvalue weighted by Crippen LogP contribution is 2.00. The summed E-state index contributed by atoms with van der Waals surface area (Å²) >= 11 is 0. The van der Waals surface area contributed by atoms with Crippen LogP contribution in [-0.2, 0) is 28.7 Å². The second-order valence-corrected chi connectivity index (χ2v) is 3.67. The molecule has 0 fully saturated rings. The lowest BCUT2D eigenvalue weighted by molar-refractivity contribution is -0.165. The van der Waals surface area contributed by atoms with E-state index >= 15 is 0 Å². The number of carbonyl (C=O) groups is 4. The first-order valence-electron chi connectivity index (χ1n) is 4.89. The fraction of sp³-hybridized carbons (Fsp3) is 0.455. The van der Waals surface area contributed by atoms with Crippen molar-refractivity contribution in [1.29, 1.82) is 0 Å². The van der Waals surface area contributed by atoms with Crippen molar-refractivity contribution in [2.24, 2.45) is 5.92 Å². The Hall–Kier alpha value is -1.98. The first kappa shape index (κ1) is 15.0. The second-order valence-electron chi connectivity index (χ2n) is 3.67. The highest BCUT2D eigenvalue weighted by molar-refractivity contribution is 6.02. The highest BCUT2D eigenvalue weighted by atomic mass is 16.6. The van der Waals surface area contributed by atoms with Gasteiger partial charge in [-0.2, -0.15) is 0 Å². The van der Waals surface area contributed by atoms with Crippen LogP contribution in [0.15, 0.2) is 12.2 Å². The van der Waals surface area contributed by atoms with Gasteiger partial charge in [0.15, 0.2) is 0 Å². The average Bonchev–Trinajstić information content (AvgIpc) is 2.16. The van der Waals surface area contributed by atoms with Crippen molar-refractivity contribution in [3.05, 3.63) is 12.2 Å². The Balaban J connectivity index is 4.14. The summed E-state index contributed by atoms with van der Waals surface area (Å²) in [4.78, 5) is 44.0. The van der Waals surface area contributed by atoms with Crippen LogP contribution in [-0.4, -0.2) is 23.9 Å². The van der Waals surface area contributed by atoms with E-state index in [0.29, 0.717) is 0 Å². The summed E-state index contributed by atoms with van der Waals surface area (Å²) in [5.41, 5.74) is 0.0324. The molecule has 0 spiro atoms. The minimum absolute atomic E-state index is 0.0324. The molecule has 0 bridgehead atoms. The van der Waals surface area contributed by atoms with E-state index < -0.39 is 36.2 Å². The first-order valence-corrected chi connectivity index (χ1v) is 4.89. The van der Waals surface area contributed by atoms with Gasteiger partial charge in [-0.3, -0.25) is 14.4 Å². The molecule has 6 nitrogen and oxygen atoms in total. The van der Waals surface area contributed by atoms with Crippen LogP contribution in [0, 0.1) is 5.92 Å². The third kappa shape index (κ3) is 6.24. The summed E-state index contributed by atoms with van der Waals surface area (Å²) in [5.74, 6) is -4.28. The molecule has 0 aliphatic heterocycles. The zero-order valence-electron chi connectivity index (χ0n) is 9.94. The van der Waals surface area contributed by atoms with E-state index in [2.05, 4.69) is 16.1 Å². The van der Waals surface area contributed by atoms with Gasteiger partial charge in [-0.05, 0) is 6.92 Å². The fourth-order valence-electron chi connectivity index (χ4n) is 0.611. The van der Waals surface area contributed by atoms with Gasteiger partial charge in [-0.25, -0.2) is 4.79 Å². The molecule has 0 amide bonds. The Labute approximate surface area is 98.6 Å². The lowest BCUT2D eigenvalue weighted by Gasteiger charge is -2.04. The van der Waals surface area contributed by atoms with Crippen LogP contribution in [0.3, 0.4) is 0 Å². The van der Waals surface area contributed by atoms with Crippen molar-refractivity contribution in [1.82, 2.24) is 0 Å². The van der Waals surface area contributed by atoms with E-state index in [1.807, 2.05) is 0 Å². The molecule has 0 aromatic rings. The predicted molar refractivity (Wildman–Crippen MR) is 56.5 cm³/mol. The van der Waals surface area contributed by atoms with Crippen LogP contribution in [0.4, 0.5) is 0 Å². The third-order valence-corrected chi connectivity index (χ3v) is 1.53. The lowest BCUT2D eigenvalue weighted by atomic mass is 10.2. The molecule has 0 unspecified atom stereocenters. The summed E-state index contributed by atoms with van der Waals surface area (Å²) in [6.07, 6.45) is -0.794. The van der Waals surface area contributed by atoms with Gasteiger partial charge in [0, 0.05) is 5.57 Å². The summed E-state index contributed by atoms with van der Waals surface area (Å²) in [7, 11) is 0. The highest BCUT2D eigenvalue weighted by Gasteiger charge is 2.20. The molecule has 0 atom stereocenters. The van der Waals surface area contributed by atoms with E-state index in [4.69, 9.17) is 0 Å². The van der Waals surface area contributed by atoms with Crippen LogP contribution >= 0.6 is 0 Å². The number of carbonyl (C=O) groups excluding carboxylic acids is 4. The van der Waals surface area contributed by atoms with Gasteiger partial charge in [-0.15, -0.1) is 0 Å². The van der Waals surface area contributed by atoms with E-state index in [1.165, 1.54) is 6.92 Å². The Morgan fingerprint density at radius 3 is 1.94 bits per heavy atom. The van der Waals surface area contributed by atoms with Gasteiger partial charge >= 0.3 is 23.9 Å². The van der Waals surface area contributed by atoms with Crippen molar-refractivity contribution in [2.45, 2.75) is 27.2 Å². The molecular weight excluding hydrogens is 228 g/mol. The number of rotatable bonds is 4. The van der Waals surface area contributed by atoms with E-state index in [1.54, 1.807) is 13.8 Å². The maximum absolute atomic E-state index is 11.0. The molecule has 0 aliphatic rings. The normalized spacial score (nSPS) is 9.65. The van der Waals surface area contributed by atoms with Crippen LogP contribution in [0.2, 0.25) is 0 Å². The predicted octanol–water partition coefficient (Wildman–Crippen LogP) is 0.748. The minimum Gasteiger partial charge on any atom is -0.393 e. The SMILES string of the molecule is C=C(C)C(=O)OC(=O)CC(=O)OC(=O)C(C)C. The Morgan fingerprint density at radius 1 is 1.06 bits per heavy atom. The molecule has 0 saturated heterocycles. The molecule has 94 valence electrons. The van der Waals surface area contributed by atoms with E-state index in [0.717, 1.165) is 0 Å². The standard InChI is InChI=1S/C11H14O6/c1-6(2)10(14)16-8(12)5-9(13)17-11(15)7(3)4/h7H,1,5H2,2-4H3. The molecule has 0 aromatic carbocycles. The minimum atomic E-state index is -1.08. The van der Waals surface area contributed by atoms with Crippen LogP contribution in [0.5, 0.6) is 0 Å². The number of hydrogen-bond donors (Lipinski definition) is 0. The first-order chi connectivity index (χ1) is 7.73. The van der Waals surface area contributed by atoms with Crippen LogP contribution < -0.4 is 0 Å². The summed E-state index contributed by atoms with van der Waals surface area (Å²) in [6, 6.07) is 0. The van der Waals surface area contributed by atoms with Crippen molar-refractivity contribution in [3.8, 4) is 0 Å². The summed E-state index contributed by atoms with van der Waals surface area (Å²) in [5, 5.41) is 0. The summed E-state index contributed by atoms with van der Waals surface area (Å²) < 4.78 is 8.55. The van der Waals surface area contributed by atoms with Gasteiger partial charge in [0.25, 0.3) is 0 Å². The molecule has 0 radical (unpaired) electrons. The molecule has 17 heavy (non-hydrogen) atoms. The van der Waals surface area contributed by atoms with Crippen molar-refractivity contribution in [2.75, 3.05) is 0 Å². The molecule has 6 heteroatoms. The zero-order valence-corrected chi connectivity index (χ0v) is 9.94. The van der Waals surface area contributed by atoms with E-state index in [-0.39, 0.29) is 5.57 Å². The Morgan fingerprint density at radius 2 is 1.53 bits per heavy atom. The van der Waals surface area contributed by atoms with Crippen LogP contribution in [0.25, 0.3) is 0 Å². The molecule has 0 aliphatic carbocycles. The zero-order chi connectivity index (χ0) is 13.6. The van der Waals surface area contributed by atoms with Crippen molar-refractivity contribution in [3.63, 3.8) is 0 Å². The molecule has 0 aromatic heterocycles. The number of esters is 4. The molecule has 0 rings (SSSR count). The molecule has 0 heterocycles. The van der Waals surface area contributed by atoms with Gasteiger partial charge in [0.05, 0.1) is 5.92 Å². The second kappa shape index (κ2) is 6.57. The van der Waals surface area contributed by atoms with Crippen molar-refractivity contribution >= 4 is 23.9 Å². The largest absolute Gasteiger partial charge is 0.393 e. The monoisotopic (exact) mass is 242 g/mol. The molecule has 0 N–H and O–H groups in total. The molecular formula is C11H14O6. The quantitative estimate of drug-likeness (QED) is 0.410. The van der Waals surface area contributed by atoms with Gasteiger partial charge in [-0.1, -0.05) is 20.4 Å². The van der Waals surface area contributed by atoms with Gasteiger partial charge in [0.2, 0.25) is 0 Å². The Kier molecular flexibility index (Phi) is 5.80. The van der Waals surface area contributed by atoms with Gasteiger partial charge < -0.3 is 9.47 Å². The third-order valence-electron chi connectivity index (χ3n) is 1.53.